The number of fused-ring (bicyclic) bond motifs is 1. The van der Waals surface area contributed by atoms with E-state index in [4.69, 9.17) is 9.84 Å². The average Bonchev–Trinajstić information content (AvgIpc) is 2.59. The summed E-state index contributed by atoms with van der Waals surface area (Å²) in [5.74, 6) is 0.866. The largest absolute Gasteiger partial charge is 0.477 e. The molecule has 3 rings (SSSR count). The van der Waals surface area contributed by atoms with Crippen molar-refractivity contribution < 1.29 is 14.6 Å². The fourth-order valence-corrected chi connectivity index (χ4v) is 3.23. The van der Waals surface area contributed by atoms with Crippen LogP contribution in [0.15, 0.2) is 24.3 Å². The zero-order chi connectivity index (χ0) is 15.4. The number of ether oxygens (including phenoxy) is 1. The summed E-state index contributed by atoms with van der Waals surface area (Å²) in [6.07, 6.45) is 3.64. The summed E-state index contributed by atoms with van der Waals surface area (Å²) in [6.45, 7) is 3.14. The summed E-state index contributed by atoms with van der Waals surface area (Å²) in [4.78, 5) is 16.8. The van der Waals surface area contributed by atoms with E-state index in [9.17, 15) is 4.79 Å². The van der Waals surface area contributed by atoms with Crippen LogP contribution in [0.4, 0.5) is 5.69 Å². The van der Waals surface area contributed by atoms with Crippen molar-refractivity contribution in [1.29, 1.82) is 0 Å². The fraction of sp³-hybridized carbons (Fsp3) is 0.588. The van der Waals surface area contributed by atoms with Crippen molar-refractivity contribution >= 4 is 11.6 Å². The number of nitrogens with zero attached hydrogens (tertiary/aromatic N) is 2. The van der Waals surface area contributed by atoms with Crippen molar-refractivity contribution in [2.45, 2.75) is 31.8 Å². The SMILES string of the molecule is O=C(C1CN(CCCO)c2ccccc2O1)N1CCCCC1. The van der Waals surface area contributed by atoms with Gasteiger partial charge in [0.05, 0.1) is 12.2 Å². The van der Waals surface area contributed by atoms with E-state index in [1.165, 1.54) is 6.42 Å². The zero-order valence-electron chi connectivity index (χ0n) is 12.9. The Kier molecular flexibility index (Phi) is 4.83. The number of piperidine rings is 1. The Labute approximate surface area is 131 Å². The minimum absolute atomic E-state index is 0.100. The van der Waals surface area contributed by atoms with E-state index in [0.717, 1.165) is 43.9 Å². The van der Waals surface area contributed by atoms with Crippen LogP contribution < -0.4 is 9.64 Å². The predicted molar refractivity (Wildman–Crippen MR) is 85.2 cm³/mol. The van der Waals surface area contributed by atoms with E-state index in [0.29, 0.717) is 13.0 Å². The van der Waals surface area contributed by atoms with Gasteiger partial charge in [-0.15, -0.1) is 0 Å². The van der Waals surface area contributed by atoms with Crippen LogP contribution in [-0.2, 0) is 4.79 Å². The van der Waals surface area contributed by atoms with Crippen molar-refractivity contribution in [1.82, 2.24) is 4.90 Å². The van der Waals surface area contributed by atoms with Crippen LogP contribution in [0.1, 0.15) is 25.7 Å². The van der Waals surface area contributed by atoms with E-state index >= 15 is 0 Å². The molecular weight excluding hydrogens is 280 g/mol. The lowest BCUT2D eigenvalue weighted by molar-refractivity contribution is -0.139. The third-order valence-corrected chi connectivity index (χ3v) is 4.39. The fourth-order valence-electron chi connectivity index (χ4n) is 3.23. The number of anilines is 1. The number of aliphatic hydroxyl groups is 1. The van der Waals surface area contributed by atoms with Crippen LogP contribution in [-0.4, -0.2) is 54.8 Å². The second kappa shape index (κ2) is 7.01. The minimum atomic E-state index is -0.438. The molecular formula is C17H24N2O3. The molecule has 0 aromatic heterocycles. The van der Waals surface area contributed by atoms with E-state index in [-0.39, 0.29) is 12.5 Å². The lowest BCUT2D eigenvalue weighted by atomic mass is 10.1. The molecule has 0 radical (unpaired) electrons. The van der Waals surface area contributed by atoms with E-state index < -0.39 is 6.10 Å². The number of amides is 1. The van der Waals surface area contributed by atoms with Crippen LogP contribution in [0.2, 0.25) is 0 Å². The molecule has 1 saturated heterocycles. The maximum atomic E-state index is 12.7. The summed E-state index contributed by atoms with van der Waals surface area (Å²) in [7, 11) is 0. The molecule has 0 saturated carbocycles. The summed E-state index contributed by atoms with van der Waals surface area (Å²) < 4.78 is 5.96. The zero-order valence-corrected chi connectivity index (χ0v) is 12.9. The summed E-state index contributed by atoms with van der Waals surface area (Å²) in [6, 6.07) is 7.82. The molecule has 22 heavy (non-hydrogen) atoms. The number of benzene rings is 1. The monoisotopic (exact) mass is 304 g/mol. The first-order valence-corrected chi connectivity index (χ1v) is 8.20. The topological polar surface area (TPSA) is 53.0 Å². The van der Waals surface area contributed by atoms with Gasteiger partial charge >= 0.3 is 0 Å². The Morgan fingerprint density at radius 2 is 2.00 bits per heavy atom. The standard InChI is InChI=1S/C17H24N2O3/c20-12-6-11-19-13-16(17(21)18-9-4-1-5-10-18)22-15-8-3-2-7-14(15)19/h2-3,7-8,16,20H,1,4-6,9-13H2. The molecule has 5 heteroatoms. The van der Waals surface area contributed by atoms with Gasteiger partial charge in [-0.1, -0.05) is 12.1 Å². The quantitative estimate of drug-likeness (QED) is 0.919. The molecule has 1 atom stereocenters. The van der Waals surface area contributed by atoms with Gasteiger partial charge in [0.2, 0.25) is 0 Å². The predicted octanol–water partition coefficient (Wildman–Crippen LogP) is 1.65. The molecule has 2 heterocycles. The van der Waals surface area contributed by atoms with Gasteiger partial charge in [-0.05, 0) is 37.8 Å². The van der Waals surface area contributed by atoms with Gasteiger partial charge in [-0.3, -0.25) is 4.79 Å². The third kappa shape index (κ3) is 3.19. The van der Waals surface area contributed by atoms with Gasteiger partial charge in [-0.2, -0.15) is 0 Å². The van der Waals surface area contributed by atoms with Crippen LogP contribution in [0.5, 0.6) is 5.75 Å². The van der Waals surface area contributed by atoms with Crippen LogP contribution in [0.3, 0.4) is 0 Å². The number of para-hydroxylation sites is 2. The highest BCUT2D eigenvalue weighted by molar-refractivity contribution is 5.83. The summed E-state index contributed by atoms with van der Waals surface area (Å²) in [5.41, 5.74) is 1.01. The summed E-state index contributed by atoms with van der Waals surface area (Å²) >= 11 is 0. The normalized spacial score (nSPS) is 21.2. The molecule has 1 amide bonds. The van der Waals surface area contributed by atoms with E-state index in [1.807, 2.05) is 29.2 Å². The van der Waals surface area contributed by atoms with Gasteiger partial charge in [0.25, 0.3) is 5.91 Å². The van der Waals surface area contributed by atoms with E-state index in [1.54, 1.807) is 0 Å². The molecule has 120 valence electrons. The Balaban J connectivity index is 1.75. The van der Waals surface area contributed by atoms with Crippen molar-refractivity contribution in [3.05, 3.63) is 24.3 Å². The molecule has 0 spiro atoms. The van der Waals surface area contributed by atoms with Crippen molar-refractivity contribution in [2.24, 2.45) is 0 Å². The molecule has 1 N–H and O–H groups in total. The Bertz CT molecular complexity index is 514. The van der Waals surface area contributed by atoms with Gasteiger partial charge in [0.1, 0.15) is 5.75 Å². The molecule has 1 unspecified atom stereocenters. The van der Waals surface area contributed by atoms with Gasteiger partial charge in [0, 0.05) is 26.2 Å². The number of carbonyl (C=O) groups is 1. The lowest BCUT2D eigenvalue weighted by Crippen LogP contribution is -2.51. The number of hydrogen-bond acceptors (Lipinski definition) is 4. The molecule has 2 aliphatic heterocycles. The van der Waals surface area contributed by atoms with Gasteiger partial charge in [-0.25, -0.2) is 0 Å². The number of carbonyl (C=O) groups excluding carboxylic acids is 1. The summed E-state index contributed by atoms with van der Waals surface area (Å²) in [5, 5.41) is 9.09. The molecule has 1 aromatic rings. The lowest BCUT2D eigenvalue weighted by Gasteiger charge is -2.38. The maximum Gasteiger partial charge on any atom is 0.265 e. The number of rotatable bonds is 4. The van der Waals surface area contributed by atoms with Gasteiger partial charge in [0.15, 0.2) is 6.10 Å². The molecule has 0 aliphatic carbocycles. The van der Waals surface area contributed by atoms with Crippen LogP contribution >= 0.6 is 0 Å². The van der Waals surface area contributed by atoms with Crippen LogP contribution in [0, 0.1) is 0 Å². The highest BCUT2D eigenvalue weighted by Crippen LogP contribution is 2.33. The Hall–Kier alpha value is -1.75. The van der Waals surface area contributed by atoms with Crippen LogP contribution in [0.25, 0.3) is 0 Å². The van der Waals surface area contributed by atoms with Crippen molar-refractivity contribution in [3.63, 3.8) is 0 Å². The highest BCUT2D eigenvalue weighted by atomic mass is 16.5. The van der Waals surface area contributed by atoms with E-state index in [2.05, 4.69) is 4.90 Å². The highest BCUT2D eigenvalue weighted by Gasteiger charge is 2.33. The molecule has 1 fully saturated rings. The first-order valence-electron chi connectivity index (χ1n) is 8.20. The molecule has 2 aliphatic rings. The smallest absolute Gasteiger partial charge is 0.265 e. The maximum absolute atomic E-state index is 12.7. The second-order valence-corrected chi connectivity index (χ2v) is 5.98. The Morgan fingerprint density at radius 1 is 1.23 bits per heavy atom. The molecule has 5 nitrogen and oxygen atoms in total. The minimum Gasteiger partial charge on any atom is -0.477 e. The number of likely N-dealkylation sites (tertiary alicyclic amines) is 1. The van der Waals surface area contributed by atoms with Crippen molar-refractivity contribution in [2.75, 3.05) is 37.7 Å². The first-order chi connectivity index (χ1) is 10.8. The Morgan fingerprint density at radius 3 is 2.77 bits per heavy atom. The number of aliphatic hydroxyl groups excluding tert-OH is 1. The second-order valence-electron chi connectivity index (χ2n) is 5.98. The number of hydrogen-bond donors (Lipinski definition) is 1. The molecule has 0 bridgehead atoms. The third-order valence-electron chi connectivity index (χ3n) is 4.39. The average molecular weight is 304 g/mol. The van der Waals surface area contributed by atoms with Gasteiger partial charge < -0.3 is 19.6 Å². The first kappa shape index (κ1) is 15.2. The molecule has 1 aromatic carbocycles. The van der Waals surface area contributed by atoms with Crippen molar-refractivity contribution in [3.8, 4) is 5.75 Å².